The number of hydrogen-bond donors (Lipinski definition) is 1. The molecule has 2 aliphatic rings. The average Bonchev–Trinajstić information content (AvgIpc) is 2.72. The fraction of sp³-hybridized carbons (Fsp3) is 0.429. The number of carbonyl (C=O) groups excluding carboxylic acids is 1. The zero-order valence-electron chi connectivity index (χ0n) is 16.1. The highest BCUT2D eigenvalue weighted by atomic mass is 19.4. The first-order chi connectivity index (χ1) is 14.2. The summed E-state index contributed by atoms with van der Waals surface area (Å²) in [6, 6.07) is 9.08. The molecule has 0 unspecified atom stereocenters. The average molecular weight is 422 g/mol. The molecule has 9 heteroatoms. The SMILES string of the molecule is O=C(c1cccc(C2(O)COC2)c1)N1CCC(Oc2ccc(C(F)(F)F)nc2)CC1. The Labute approximate surface area is 171 Å². The van der Waals surface area contributed by atoms with Crippen LogP contribution in [0.3, 0.4) is 0 Å². The summed E-state index contributed by atoms with van der Waals surface area (Å²) in [6.45, 7) is 1.36. The fourth-order valence-corrected chi connectivity index (χ4v) is 3.57. The molecule has 0 bridgehead atoms. The third-order valence-electron chi connectivity index (χ3n) is 5.39. The molecule has 2 aliphatic heterocycles. The molecule has 0 atom stereocenters. The molecule has 2 fully saturated rings. The first kappa shape index (κ1) is 20.6. The van der Waals surface area contributed by atoms with E-state index in [-0.39, 0.29) is 31.0 Å². The van der Waals surface area contributed by atoms with Gasteiger partial charge in [-0.05, 0) is 29.8 Å². The second kappa shape index (κ2) is 7.88. The number of nitrogens with zero attached hydrogens (tertiary/aromatic N) is 2. The van der Waals surface area contributed by atoms with E-state index in [9.17, 15) is 23.1 Å². The van der Waals surface area contributed by atoms with Gasteiger partial charge in [-0.3, -0.25) is 4.79 Å². The molecular weight excluding hydrogens is 401 g/mol. The molecule has 1 N–H and O–H groups in total. The number of benzene rings is 1. The predicted octanol–water partition coefficient (Wildman–Crippen LogP) is 3.00. The van der Waals surface area contributed by atoms with Crippen LogP contribution in [0, 0.1) is 0 Å². The van der Waals surface area contributed by atoms with Crippen molar-refractivity contribution < 1.29 is 32.5 Å². The van der Waals surface area contributed by atoms with E-state index in [1.165, 1.54) is 6.07 Å². The number of carbonyl (C=O) groups is 1. The maximum atomic E-state index is 12.8. The number of rotatable bonds is 4. The Bertz CT molecular complexity index is 905. The van der Waals surface area contributed by atoms with E-state index in [2.05, 4.69) is 4.98 Å². The normalized spacial score (nSPS) is 19.3. The largest absolute Gasteiger partial charge is 0.489 e. The number of likely N-dealkylation sites (tertiary alicyclic amines) is 1. The van der Waals surface area contributed by atoms with Crippen LogP contribution in [-0.2, 0) is 16.5 Å². The third kappa shape index (κ3) is 4.27. The summed E-state index contributed by atoms with van der Waals surface area (Å²) in [4.78, 5) is 17.9. The highest BCUT2D eigenvalue weighted by Gasteiger charge is 2.38. The van der Waals surface area contributed by atoms with Crippen LogP contribution < -0.4 is 4.74 Å². The van der Waals surface area contributed by atoms with Crippen molar-refractivity contribution in [3.8, 4) is 5.75 Å². The Hall–Kier alpha value is -2.65. The summed E-state index contributed by atoms with van der Waals surface area (Å²) in [6.07, 6.45) is -2.50. The topological polar surface area (TPSA) is 71.9 Å². The molecule has 0 saturated carbocycles. The predicted molar refractivity (Wildman–Crippen MR) is 100.0 cm³/mol. The van der Waals surface area contributed by atoms with E-state index in [1.807, 2.05) is 0 Å². The van der Waals surface area contributed by atoms with Crippen molar-refractivity contribution in [2.45, 2.75) is 30.7 Å². The quantitative estimate of drug-likeness (QED) is 0.820. The van der Waals surface area contributed by atoms with Crippen LogP contribution in [0.4, 0.5) is 13.2 Å². The van der Waals surface area contributed by atoms with E-state index in [0.717, 1.165) is 12.3 Å². The molecule has 0 radical (unpaired) electrons. The first-order valence-corrected chi connectivity index (χ1v) is 9.64. The van der Waals surface area contributed by atoms with Gasteiger partial charge in [0.1, 0.15) is 23.1 Å². The van der Waals surface area contributed by atoms with Crippen LogP contribution in [0.2, 0.25) is 0 Å². The monoisotopic (exact) mass is 422 g/mol. The molecule has 30 heavy (non-hydrogen) atoms. The maximum Gasteiger partial charge on any atom is 0.433 e. The van der Waals surface area contributed by atoms with Crippen molar-refractivity contribution in [3.63, 3.8) is 0 Å². The van der Waals surface area contributed by atoms with Crippen molar-refractivity contribution in [2.75, 3.05) is 26.3 Å². The van der Waals surface area contributed by atoms with E-state index in [1.54, 1.807) is 29.2 Å². The zero-order valence-corrected chi connectivity index (χ0v) is 16.1. The standard InChI is InChI=1S/C21H21F3N2O4/c22-21(23,24)18-5-4-17(11-25-18)30-16-6-8-26(9-7-16)19(27)14-2-1-3-15(10-14)20(28)12-29-13-20/h1-5,10-11,16,28H,6-9,12-13H2. The number of amides is 1. The van der Waals surface area contributed by atoms with Gasteiger partial charge in [0, 0.05) is 31.5 Å². The Morgan fingerprint density at radius 2 is 1.93 bits per heavy atom. The van der Waals surface area contributed by atoms with Gasteiger partial charge in [0.2, 0.25) is 0 Å². The Morgan fingerprint density at radius 1 is 1.20 bits per heavy atom. The Balaban J connectivity index is 1.33. The van der Waals surface area contributed by atoms with Crippen LogP contribution in [0.15, 0.2) is 42.6 Å². The minimum Gasteiger partial charge on any atom is -0.489 e. The van der Waals surface area contributed by atoms with Crippen LogP contribution in [-0.4, -0.2) is 53.3 Å². The first-order valence-electron chi connectivity index (χ1n) is 9.64. The van der Waals surface area contributed by atoms with Crippen LogP contribution >= 0.6 is 0 Å². The van der Waals surface area contributed by atoms with Crippen molar-refractivity contribution in [1.29, 1.82) is 0 Å². The lowest BCUT2D eigenvalue weighted by molar-refractivity contribution is -0.184. The summed E-state index contributed by atoms with van der Waals surface area (Å²) < 4.78 is 48.6. The van der Waals surface area contributed by atoms with Crippen molar-refractivity contribution in [1.82, 2.24) is 9.88 Å². The number of pyridine rings is 1. The summed E-state index contributed by atoms with van der Waals surface area (Å²) in [5, 5.41) is 10.4. The van der Waals surface area contributed by atoms with Crippen molar-refractivity contribution >= 4 is 5.91 Å². The molecule has 4 rings (SSSR count). The highest BCUT2D eigenvalue weighted by Crippen LogP contribution is 2.31. The summed E-state index contributed by atoms with van der Waals surface area (Å²) in [7, 11) is 0. The summed E-state index contributed by atoms with van der Waals surface area (Å²) in [5.74, 6) is 0.145. The van der Waals surface area contributed by atoms with E-state index in [0.29, 0.717) is 37.1 Å². The number of aromatic nitrogens is 1. The van der Waals surface area contributed by atoms with Gasteiger partial charge in [0.15, 0.2) is 0 Å². The lowest BCUT2D eigenvalue weighted by Gasteiger charge is -2.37. The molecule has 0 aliphatic carbocycles. The third-order valence-corrected chi connectivity index (χ3v) is 5.39. The second-order valence-corrected chi connectivity index (χ2v) is 7.59. The van der Waals surface area contributed by atoms with Gasteiger partial charge in [0.25, 0.3) is 5.91 Å². The molecule has 1 aromatic heterocycles. The van der Waals surface area contributed by atoms with Gasteiger partial charge < -0.3 is 19.5 Å². The smallest absolute Gasteiger partial charge is 0.433 e. The number of ether oxygens (including phenoxy) is 2. The van der Waals surface area contributed by atoms with Gasteiger partial charge in [-0.1, -0.05) is 12.1 Å². The Morgan fingerprint density at radius 3 is 2.50 bits per heavy atom. The molecule has 2 aromatic rings. The molecule has 160 valence electrons. The number of alkyl halides is 3. The minimum absolute atomic E-state index is 0.129. The molecule has 1 amide bonds. The van der Waals surface area contributed by atoms with E-state index in [4.69, 9.17) is 9.47 Å². The number of aliphatic hydroxyl groups is 1. The number of halogens is 3. The zero-order chi connectivity index (χ0) is 21.4. The van der Waals surface area contributed by atoms with Crippen LogP contribution in [0.25, 0.3) is 0 Å². The maximum absolute atomic E-state index is 12.8. The van der Waals surface area contributed by atoms with Crippen molar-refractivity contribution in [3.05, 3.63) is 59.4 Å². The Kier molecular flexibility index (Phi) is 5.42. The molecule has 0 spiro atoms. The van der Waals surface area contributed by atoms with E-state index >= 15 is 0 Å². The molecule has 2 saturated heterocycles. The molecule has 1 aromatic carbocycles. The van der Waals surface area contributed by atoms with Gasteiger partial charge in [-0.2, -0.15) is 13.2 Å². The van der Waals surface area contributed by atoms with Gasteiger partial charge in [-0.15, -0.1) is 0 Å². The second-order valence-electron chi connectivity index (χ2n) is 7.59. The van der Waals surface area contributed by atoms with Gasteiger partial charge in [0.05, 0.1) is 19.4 Å². The number of hydrogen-bond acceptors (Lipinski definition) is 5. The van der Waals surface area contributed by atoms with Crippen molar-refractivity contribution in [2.24, 2.45) is 0 Å². The van der Waals surface area contributed by atoms with Gasteiger partial charge >= 0.3 is 6.18 Å². The van der Waals surface area contributed by atoms with Gasteiger partial charge in [-0.25, -0.2) is 4.98 Å². The number of piperidine rings is 1. The minimum atomic E-state index is -4.48. The lowest BCUT2D eigenvalue weighted by Crippen LogP contribution is -2.46. The van der Waals surface area contributed by atoms with Crippen LogP contribution in [0.1, 0.15) is 34.5 Å². The summed E-state index contributed by atoms with van der Waals surface area (Å²) >= 11 is 0. The molecular formula is C21H21F3N2O4. The lowest BCUT2D eigenvalue weighted by atomic mass is 9.90. The van der Waals surface area contributed by atoms with Crippen LogP contribution in [0.5, 0.6) is 5.75 Å². The highest BCUT2D eigenvalue weighted by molar-refractivity contribution is 5.94. The summed E-state index contributed by atoms with van der Waals surface area (Å²) in [5.41, 5.74) is -0.838. The molecule has 6 nitrogen and oxygen atoms in total. The van der Waals surface area contributed by atoms with E-state index < -0.39 is 17.5 Å². The fourth-order valence-electron chi connectivity index (χ4n) is 3.57. The molecule has 3 heterocycles.